The van der Waals surface area contributed by atoms with Crippen molar-refractivity contribution in [2.24, 2.45) is 0 Å². The van der Waals surface area contributed by atoms with Crippen LogP contribution >= 0.6 is 19.4 Å². The van der Waals surface area contributed by atoms with E-state index < -0.39 is 44.5 Å². The first kappa shape index (κ1) is 18.4. The highest BCUT2D eigenvalue weighted by Crippen LogP contribution is 2.38. The van der Waals surface area contributed by atoms with Crippen molar-refractivity contribution in [3.63, 3.8) is 0 Å². The molecule has 0 aliphatic carbocycles. The van der Waals surface area contributed by atoms with E-state index in [-0.39, 0.29) is 22.9 Å². The molecule has 1 saturated heterocycles. The average molecular weight is 397 g/mol. The van der Waals surface area contributed by atoms with Gasteiger partial charge < -0.3 is 29.7 Å². The fraction of sp³-hybridized carbons (Fsp3) is 0.545. The van der Waals surface area contributed by atoms with Crippen LogP contribution in [0.2, 0.25) is 0 Å². The maximum absolute atomic E-state index is 11.9. The molecule has 14 heteroatoms. The van der Waals surface area contributed by atoms with Gasteiger partial charge in [-0.3, -0.25) is 13.9 Å². The number of halogens is 1. The smallest absolute Gasteiger partial charge is 0.387 e. The highest BCUT2D eigenvalue weighted by Gasteiger charge is 2.45. The maximum Gasteiger partial charge on any atom is 0.469 e. The van der Waals surface area contributed by atoms with Gasteiger partial charge in [0.15, 0.2) is 17.4 Å². The molecule has 0 unspecified atom stereocenters. The Morgan fingerprint density at radius 1 is 1.40 bits per heavy atom. The molecule has 0 amide bonds. The minimum Gasteiger partial charge on any atom is -0.387 e. The predicted octanol–water partition coefficient (Wildman–Crippen LogP) is -1.41. The van der Waals surface area contributed by atoms with Crippen molar-refractivity contribution < 1.29 is 33.8 Å². The molecule has 2 aromatic heterocycles. The number of aliphatic hydroxyl groups is 2. The third kappa shape index (κ3) is 3.61. The Bertz CT molecular complexity index is 881. The van der Waals surface area contributed by atoms with Gasteiger partial charge in [-0.2, -0.15) is 0 Å². The molecular formula is C11H14ClN4O8P. The zero-order valence-corrected chi connectivity index (χ0v) is 14.0. The second kappa shape index (κ2) is 6.74. The van der Waals surface area contributed by atoms with E-state index >= 15 is 0 Å². The lowest BCUT2D eigenvalue weighted by Crippen LogP contribution is -2.33. The van der Waals surface area contributed by atoms with Gasteiger partial charge in [0.05, 0.1) is 18.8 Å². The van der Waals surface area contributed by atoms with Gasteiger partial charge in [0, 0.05) is 0 Å². The highest BCUT2D eigenvalue weighted by atomic mass is 35.5. The lowest BCUT2D eigenvalue weighted by atomic mass is 10.1. The average Bonchev–Trinajstić information content (AvgIpc) is 3.08. The third-order valence-electron chi connectivity index (χ3n) is 3.63. The number of ether oxygens (including phenoxy) is 1. The minimum absolute atomic E-state index is 0.0194. The Morgan fingerprint density at radius 3 is 2.76 bits per heavy atom. The van der Waals surface area contributed by atoms with Gasteiger partial charge in [-0.05, 0) is 0 Å². The van der Waals surface area contributed by atoms with E-state index in [1.54, 1.807) is 0 Å². The summed E-state index contributed by atoms with van der Waals surface area (Å²) >= 11 is 5.66. The molecule has 3 rings (SSSR count). The van der Waals surface area contributed by atoms with Crippen LogP contribution in [-0.4, -0.2) is 64.4 Å². The topological polar surface area (TPSA) is 180 Å². The number of imidazole rings is 1. The number of hydrogen-bond donors (Lipinski definition) is 5. The zero-order valence-electron chi connectivity index (χ0n) is 12.4. The molecule has 1 aliphatic heterocycles. The van der Waals surface area contributed by atoms with Crippen molar-refractivity contribution in [1.29, 1.82) is 0 Å². The molecule has 0 aromatic carbocycles. The number of aromatic amines is 1. The molecule has 0 bridgehead atoms. The van der Waals surface area contributed by atoms with E-state index in [2.05, 4.69) is 19.5 Å². The molecular weight excluding hydrogens is 383 g/mol. The van der Waals surface area contributed by atoms with Crippen LogP contribution in [0.25, 0.3) is 11.2 Å². The Hall–Kier alpha value is -1.37. The third-order valence-corrected chi connectivity index (χ3v) is 4.36. The Balaban J connectivity index is 1.91. The van der Waals surface area contributed by atoms with Crippen LogP contribution < -0.4 is 5.56 Å². The lowest BCUT2D eigenvalue weighted by molar-refractivity contribution is -0.0504. The van der Waals surface area contributed by atoms with Gasteiger partial charge in [-0.1, -0.05) is 0 Å². The van der Waals surface area contributed by atoms with Gasteiger partial charge in [0.1, 0.15) is 24.1 Å². The largest absolute Gasteiger partial charge is 0.469 e. The van der Waals surface area contributed by atoms with E-state index in [4.69, 9.17) is 26.1 Å². The number of alkyl halides is 1. The predicted molar refractivity (Wildman–Crippen MR) is 81.6 cm³/mol. The molecule has 4 atom stereocenters. The fourth-order valence-electron chi connectivity index (χ4n) is 2.49. The van der Waals surface area contributed by atoms with Crippen molar-refractivity contribution in [2.75, 3.05) is 6.61 Å². The van der Waals surface area contributed by atoms with Crippen LogP contribution in [-0.2, 0) is 19.7 Å². The number of phosphoric acid groups is 1. The molecule has 0 saturated carbocycles. The first-order valence-corrected chi connectivity index (χ1v) is 9.01. The molecule has 2 aromatic rings. The van der Waals surface area contributed by atoms with Crippen LogP contribution in [0.4, 0.5) is 0 Å². The number of nitrogens with one attached hydrogen (secondary N) is 1. The maximum atomic E-state index is 11.9. The monoisotopic (exact) mass is 396 g/mol. The summed E-state index contributed by atoms with van der Waals surface area (Å²) in [6.07, 6.45) is -4.16. The summed E-state index contributed by atoms with van der Waals surface area (Å²) in [7, 11) is -4.76. The zero-order chi connectivity index (χ0) is 18.4. The first-order chi connectivity index (χ1) is 11.7. The molecule has 12 nitrogen and oxygen atoms in total. The number of fused-ring (bicyclic) bond motifs is 1. The van der Waals surface area contributed by atoms with Crippen LogP contribution in [0.1, 0.15) is 12.1 Å². The van der Waals surface area contributed by atoms with Gasteiger partial charge in [-0.15, -0.1) is 11.6 Å². The van der Waals surface area contributed by atoms with Crippen molar-refractivity contribution in [2.45, 2.75) is 30.4 Å². The van der Waals surface area contributed by atoms with Crippen LogP contribution in [0.3, 0.4) is 0 Å². The second-order valence-corrected chi connectivity index (χ2v) is 6.81. The molecule has 1 aliphatic rings. The van der Waals surface area contributed by atoms with E-state index in [0.717, 1.165) is 0 Å². The fourth-order valence-corrected chi connectivity index (χ4v) is 2.96. The number of H-pyrrole nitrogens is 1. The summed E-state index contributed by atoms with van der Waals surface area (Å²) in [5.74, 6) is 0.113. The van der Waals surface area contributed by atoms with Crippen LogP contribution in [0.15, 0.2) is 11.1 Å². The van der Waals surface area contributed by atoms with Crippen molar-refractivity contribution in [1.82, 2.24) is 19.5 Å². The van der Waals surface area contributed by atoms with Crippen molar-refractivity contribution in [3.8, 4) is 0 Å². The number of aliphatic hydroxyl groups excluding tert-OH is 2. The normalized spacial score (nSPS) is 27.2. The Kier molecular flexibility index (Phi) is 4.97. The van der Waals surface area contributed by atoms with Crippen molar-refractivity contribution >= 4 is 30.6 Å². The summed E-state index contributed by atoms with van der Waals surface area (Å²) in [6, 6.07) is 0. The van der Waals surface area contributed by atoms with Crippen molar-refractivity contribution in [3.05, 3.63) is 22.5 Å². The quantitative estimate of drug-likeness (QED) is 0.297. The number of aromatic nitrogens is 4. The molecule has 5 N–H and O–H groups in total. The Labute approximate surface area is 144 Å². The summed E-state index contributed by atoms with van der Waals surface area (Å²) in [6.45, 7) is -0.646. The number of hydrogen-bond acceptors (Lipinski definition) is 8. The summed E-state index contributed by atoms with van der Waals surface area (Å²) in [5.41, 5.74) is -0.477. The summed E-state index contributed by atoms with van der Waals surface area (Å²) in [4.78, 5) is 39.8. The summed E-state index contributed by atoms with van der Waals surface area (Å²) in [5, 5.41) is 20.2. The molecule has 0 radical (unpaired) electrons. The number of nitrogens with zero attached hydrogens (tertiary/aromatic N) is 3. The van der Waals surface area contributed by atoms with Crippen LogP contribution in [0, 0.1) is 0 Å². The minimum atomic E-state index is -4.76. The standard InChI is InChI=1S/C11H14ClN4O8P/c12-1-5-14-9-6(10(19)15-5)13-3-16(9)11-8(18)7(17)4(24-11)2-23-25(20,21)22/h3-4,7-8,11,17-18H,1-2H2,(H,14,15,19)(H2,20,21,22)/t4-,7-,8-,11-/m0/s1. The highest BCUT2D eigenvalue weighted by molar-refractivity contribution is 7.46. The van der Waals surface area contributed by atoms with Gasteiger partial charge in [0.25, 0.3) is 5.56 Å². The van der Waals surface area contributed by atoms with E-state index in [9.17, 15) is 19.6 Å². The molecule has 1 fully saturated rings. The lowest BCUT2D eigenvalue weighted by Gasteiger charge is -2.16. The van der Waals surface area contributed by atoms with Gasteiger partial charge in [0.2, 0.25) is 0 Å². The van der Waals surface area contributed by atoms with E-state index in [1.807, 2.05) is 0 Å². The first-order valence-electron chi connectivity index (χ1n) is 6.94. The van der Waals surface area contributed by atoms with Crippen LogP contribution in [0.5, 0.6) is 0 Å². The van der Waals surface area contributed by atoms with Gasteiger partial charge in [-0.25, -0.2) is 14.5 Å². The van der Waals surface area contributed by atoms with Gasteiger partial charge >= 0.3 is 7.82 Å². The van der Waals surface area contributed by atoms with E-state index in [1.165, 1.54) is 10.9 Å². The number of phosphoric ester groups is 1. The SMILES string of the molecule is O=c1[nH]c(CCl)nc2c1ncn2[C@H]1O[C@@H](COP(=O)(O)O)[C@H](O)[C@@H]1O. The number of rotatable bonds is 5. The molecule has 0 spiro atoms. The molecule has 3 heterocycles. The summed E-state index contributed by atoms with van der Waals surface area (Å²) < 4.78 is 21.7. The second-order valence-electron chi connectivity index (χ2n) is 5.30. The molecule has 25 heavy (non-hydrogen) atoms. The molecule has 138 valence electrons. The van der Waals surface area contributed by atoms with E-state index in [0.29, 0.717) is 0 Å². The Morgan fingerprint density at radius 2 is 2.12 bits per heavy atom.